The van der Waals surface area contributed by atoms with E-state index in [4.69, 9.17) is 4.42 Å². The number of nitrogens with zero attached hydrogens (tertiary/aromatic N) is 1. The van der Waals surface area contributed by atoms with E-state index < -0.39 is 5.97 Å². The summed E-state index contributed by atoms with van der Waals surface area (Å²) in [6.07, 6.45) is 1.48. The van der Waals surface area contributed by atoms with Crippen LogP contribution in [0, 0.1) is 0 Å². The smallest absolute Gasteiger partial charge is 0.337 e. The SMILES string of the molecule is COC(=O)c1ccnc(CNC(=O)c2ccc(Br)o2)c1. The fourth-order valence-corrected chi connectivity index (χ4v) is 1.82. The summed E-state index contributed by atoms with van der Waals surface area (Å²) in [5.41, 5.74) is 0.930. The summed E-state index contributed by atoms with van der Waals surface area (Å²) in [5, 5.41) is 2.64. The fourth-order valence-electron chi connectivity index (χ4n) is 1.51. The van der Waals surface area contributed by atoms with Gasteiger partial charge in [-0.1, -0.05) is 0 Å². The molecule has 0 saturated heterocycles. The minimum absolute atomic E-state index is 0.183. The van der Waals surface area contributed by atoms with Crippen molar-refractivity contribution in [2.24, 2.45) is 0 Å². The summed E-state index contributed by atoms with van der Waals surface area (Å²) >= 11 is 3.12. The van der Waals surface area contributed by atoms with Crippen molar-refractivity contribution in [2.75, 3.05) is 7.11 Å². The van der Waals surface area contributed by atoms with E-state index >= 15 is 0 Å². The van der Waals surface area contributed by atoms with E-state index in [9.17, 15) is 9.59 Å². The molecule has 6 nitrogen and oxygen atoms in total. The minimum atomic E-state index is -0.449. The Morgan fingerprint density at radius 3 is 2.85 bits per heavy atom. The molecule has 0 fully saturated rings. The molecule has 0 unspecified atom stereocenters. The lowest BCUT2D eigenvalue weighted by molar-refractivity contribution is 0.0600. The Morgan fingerprint density at radius 2 is 2.20 bits per heavy atom. The van der Waals surface area contributed by atoms with E-state index in [1.807, 2.05) is 0 Å². The maximum absolute atomic E-state index is 11.8. The van der Waals surface area contributed by atoms with Crippen molar-refractivity contribution in [3.63, 3.8) is 0 Å². The number of esters is 1. The maximum Gasteiger partial charge on any atom is 0.337 e. The number of nitrogens with one attached hydrogen (secondary N) is 1. The van der Waals surface area contributed by atoms with Gasteiger partial charge in [-0.15, -0.1) is 0 Å². The first-order valence-corrected chi connectivity index (χ1v) is 6.46. The third-order valence-corrected chi connectivity index (χ3v) is 2.89. The van der Waals surface area contributed by atoms with Crippen LogP contribution in [0.4, 0.5) is 0 Å². The van der Waals surface area contributed by atoms with Crippen molar-refractivity contribution in [1.82, 2.24) is 10.3 Å². The number of methoxy groups -OCH3 is 1. The highest BCUT2D eigenvalue weighted by molar-refractivity contribution is 9.10. The first-order valence-electron chi connectivity index (χ1n) is 5.67. The van der Waals surface area contributed by atoms with Gasteiger partial charge in [-0.25, -0.2) is 4.79 Å². The Balaban J connectivity index is 2.00. The molecule has 0 aliphatic rings. The Labute approximate surface area is 123 Å². The second kappa shape index (κ2) is 6.33. The molecule has 1 amide bonds. The average molecular weight is 339 g/mol. The van der Waals surface area contributed by atoms with E-state index in [1.165, 1.54) is 13.3 Å². The van der Waals surface area contributed by atoms with Gasteiger partial charge in [0.05, 0.1) is 24.9 Å². The van der Waals surface area contributed by atoms with Crippen LogP contribution in [0.25, 0.3) is 0 Å². The van der Waals surface area contributed by atoms with Crippen LogP contribution in [0.1, 0.15) is 26.6 Å². The molecule has 2 heterocycles. The van der Waals surface area contributed by atoms with Crippen molar-refractivity contribution in [1.29, 1.82) is 0 Å². The number of carbonyl (C=O) groups excluding carboxylic acids is 2. The molecule has 0 radical (unpaired) electrons. The highest BCUT2D eigenvalue weighted by Gasteiger charge is 2.11. The van der Waals surface area contributed by atoms with Gasteiger partial charge in [0.2, 0.25) is 0 Å². The summed E-state index contributed by atoms with van der Waals surface area (Å²) in [7, 11) is 1.30. The number of furan rings is 1. The van der Waals surface area contributed by atoms with Crippen molar-refractivity contribution < 1.29 is 18.7 Å². The molecule has 20 heavy (non-hydrogen) atoms. The van der Waals surface area contributed by atoms with E-state index in [0.717, 1.165) is 0 Å². The molecule has 0 aliphatic heterocycles. The lowest BCUT2D eigenvalue weighted by Gasteiger charge is -2.04. The van der Waals surface area contributed by atoms with Crippen molar-refractivity contribution in [2.45, 2.75) is 6.54 Å². The van der Waals surface area contributed by atoms with E-state index in [2.05, 4.69) is 31.0 Å². The maximum atomic E-state index is 11.8. The van der Waals surface area contributed by atoms with Crippen LogP contribution in [0.15, 0.2) is 39.5 Å². The monoisotopic (exact) mass is 338 g/mol. The number of carbonyl (C=O) groups is 2. The van der Waals surface area contributed by atoms with E-state index in [1.54, 1.807) is 24.3 Å². The molecule has 7 heteroatoms. The Bertz CT molecular complexity index is 639. The van der Waals surface area contributed by atoms with Gasteiger partial charge in [-0.3, -0.25) is 9.78 Å². The van der Waals surface area contributed by atoms with Crippen molar-refractivity contribution in [3.8, 4) is 0 Å². The number of hydrogen-bond donors (Lipinski definition) is 1. The summed E-state index contributed by atoms with van der Waals surface area (Å²) in [4.78, 5) is 27.2. The lowest BCUT2D eigenvalue weighted by atomic mass is 10.2. The van der Waals surface area contributed by atoms with Gasteiger partial charge >= 0.3 is 5.97 Å². The summed E-state index contributed by atoms with van der Waals surface area (Å²) in [5.74, 6) is -0.614. The van der Waals surface area contributed by atoms with Crippen LogP contribution < -0.4 is 5.32 Å². The molecule has 0 spiro atoms. The second-order valence-corrected chi connectivity index (χ2v) is 4.60. The molecule has 0 bridgehead atoms. The molecule has 1 N–H and O–H groups in total. The number of rotatable bonds is 4. The number of halogens is 1. The van der Waals surface area contributed by atoms with Crippen LogP contribution in [-0.4, -0.2) is 24.0 Å². The zero-order valence-corrected chi connectivity index (χ0v) is 12.1. The third-order valence-electron chi connectivity index (χ3n) is 2.46. The summed E-state index contributed by atoms with van der Waals surface area (Å²) in [6, 6.07) is 6.29. The number of ether oxygens (including phenoxy) is 1. The molecule has 0 aromatic carbocycles. The molecule has 2 aromatic heterocycles. The molecule has 2 rings (SSSR count). The number of hydrogen-bond acceptors (Lipinski definition) is 5. The van der Waals surface area contributed by atoms with Gasteiger partial charge in [0, 0.05) is 6.20 Å². The van der Waals surface area contributed by atoms with Gasteiger partial charge in [-0.2, -0.15) is 0 Å². The highest BCUT2D eigenvalue weighted by atomic mass is 79.9. The van der Waals surface area contributed by atoms with Crippen LogP contribution in [0.2, 0.25) is 0 Å². The topological polar surface area (TPSA) is 81.4 Å². The second-order valence-electron chi connectivity index (χ2n) is 3.81. The van der Waals surface area contributed by atoms with Crippen molar-refractivity contribution in [3.05, 3.63) is 52.1 Å². The molecule has 0 atom stereocenters. The minimum Gasteiger partial charge on any atom is -0.465 e. The average Bonchev–Trinajstić information content (AvgIpc) is 2.91. The van der Waals surface area contributed by atoms with Gasteiger partial charge in [0.15, 0.2) is 10.4 Å². The first-order chi connectivity index (χ1) is 9.60. The third kappa shape index (κ3) is 3.45. The summed E-state index contributed by atoms with van der Waals surface area (Å²) < 4.78 is 10.2. The first kappa shape index (κ1) is 14.3. The van der Waals surface area contributed by atoms with Crippen LogP contribution in [0.5, 0.6) is 0 Å². The number of aromatic nitrogens is 1. The normalized spacial score (nSPS) is 10.1. The summed E-state index contributed by atoms with van der Waals surface area (Å²) in [6.45, 7) is 0.183. The molecular formula is C13H11BrN2O4. The van der Waals surface area contributed by atoms with Gasteiger partial charge in [0.1, 0.15) is 0 Å². The van der Waals surface area contributed by atoms with Crippen LogP contribution in [-0.2, 0) is 11.3 Å². The zero-order chi connectivity index (χ0) is 14.5. The molecule has 104 valence electrons. The molecule has 0 aliphatic carbocycles. The van der Waals surface area contributed by atoms with Crippen LogP contribution >= 0.6 is 15.9 Å². The highest BCUT2D eigenvalue weighted by Crippen LogP contribution is 2.13. The molecular weight excluding hydrogens is 328 g/mol. The molecule has 2 aromatic rings. The standard InChI is InChI=1S/C13H11BrN2O4/c1-19-13(18)8-4-5-15-9(6-8)7-16-12(17)10-2-3-11(14)20-10/h2-6H,7H2,1H3,(H,16,17). The largest absolute Gasteiger partial charge is 0.465 e. The van der Waals surface area contributed by atoms with Gasteiger partial charge in [-0.05, 0) is 40.2 Å². The number of amides is 1. The fraction of sp³-hybridized carbons (Fsp3) is 0.154. The lowest BCUT2D eigenvalue weighted by Crippen LogP contribution is -2.23. The number of pyridine rings is 1. The quantitative estimate of drug-likeness (QED) is 0.864. The van der Waals surface area contributed by atoms with E-state index in [0.29, 0.717) is 15.9 Å². The molecule has 0 saturated carbocycles. The van der Waals surface area contributed by atoms with E-state index in [-0.39, 0.29) is 18.2 Å². The Kier molecular flexibility index (Phi) is 4.52. The predicted octanol–water partition coefficient (Wildman–Crippen LogP) is 2.15. The Morgan fingerprint density at radius 1 is 1.40 bits per heavy atom. The zero-order valence-electron chi connectivity index (χ0n) is 10.6. The predicted molar refractivity (Wildman–Crippen MR) is 73.2 cm³/mol. The van der Waals surface area contributed by atoms with Gasteiger partial charge in [0.25, 0.3) is 5.91 Å². The van der Waals surface area contributed by atoms with Gasteiger partial charge < -0.3 is 14.5 Å². The Hall–Kier alpha value is -2.15. The van der Waals surface area contributed by atoms with Crippen molar-refractivity contribution >= 4 is 27.8 Å². The van der Waals surface area contributed by atoms with Crippen LogP contribution in [0.3, 0.4) is 0 Å².